The lowest BCUT2D eigenvalue weighted by Crippen LogP contribution is -2.21. The quantitative estimate of drug-likeness (QED) is 0.865. The van der Waals surface area contributed by atoms with Gasteiger partial charge in [-0.25, -0.2) is 0 Å². The zero-order valence-corrected chi connectivity index (χ0v) is 11.3. The van der Waals surface area contributed by atoms with Gasteiger partial charge < -0.3 is 10.5 Å². The van der Waals surface area contributed by atoms with Crippen LogP contribution in [0.25, 0.3) is 0 Å². The average molecular weight is 233 g/mol. The second kappa shape index (κ2) is 4.69. The Morgan fingerprint density at radius 3 is 2.41 bits per heavy atom. The molecule has 0 aliphatic heterocycles. The Bertz CT molecular complexity index is 410. The van der Waals surface area contributed by atoms with Crippen molar-refractivity contribution in [3.05, 3.63) is 28.8 Å². The molecule has 17 heavy (non-hydrogen) atoms. The molecule has 0 heterocycles. The van der Waals surface area contributed by atoms with E-state index < -0.39 is 0 Å². The van der Waals surface area contributed by atoms with Crippen LogP contribution in [0.4, 0.5) is 0 Å². The molecule has 1 aromatic rings. The van der Waals surface area contributed by atoms with Crippen LogP contribution < -0.4 is 10.5 Å². The summed E-state index contributed by atoms with van der Waals surface area (Å²) in [6.07, 6.45) is 2.70. The average Bonchev–Trinajstić information content (AvgIpc) is 3.13. The Hall–Kier alpha value is -1.02. The van der Waals surface area contributed by atoms with Crippen LogP contribution in [0.3, 0.4) is 0 Å². The van der Waals surface area contributed by atoms with Crippen molar-refractivity contribution in [1.82, 2.24) is 0 Å². The minimum Gasteiger partial charge on any atom is -0.496 e. The number of hydrogen-bond acceptors (Lipinski definition) is 2. The molecule has 2 N–H and O–H groups in total. The van der Waals surface area contributed by atoms with Crippen LogP contribution in [0.2, 0.25) is 0 Å². The predicted molar refractivity (Wildman–Crippen MR) is 71.3 cm³/mol. The second-order valence-electron chi connectivity index (χ2n) is 5.40. The molecule has 1 aliphatic carbocycles. The summed E-state index contributed by atoms with van der Waals surface area (Å²) >= 11 is 0. The van der Waals surface area contributed by atoms with Crippen molar-refractivity contribution in [2.45, 2.75) is 39.7 Å². The minimum atomic E-state index is 0.159. The monoisotopic (exact) mass is 233 g/mol. The van der Waals surface area contributed by atoms with Gasteiger partial charge in [0, 0.05) is 6.04 Å². The summed E-state index contributed by atoms with van der Waals surface area (Å²) in [5.41, 5.74) is 10.1. The first-order chi connectivity index (χ1) is 8.04. The summed E-state index contributed by atoms with van der Waals surface area (Å²) < 4.78 is 5.34. The summed E-state index contributed by atoms with van der Waals surface area (Å²) in [5.74, 6) is 2.38. The Morgan fingerprint density at radius 1 is 1.24 bits per heavy atom. The molecule has 1 aromatic carbocycles. The highest BCUT2D eigenvalue weighted by Crippen LogP contribution is 2.42. The highest BCUT2D eigenvalue weighted by molar-refractivity contribution is 5.43. The van der Waals surface area contributed by atoms with Gasteiger partial charge in [0.05, 0.1) is 7.11 Å². The second-order valence-corrected chi connectivity index (χ2v) is 5.40. The lowest BCUT2D eigenvalue weighted by molar-refractivity contribution is 0.405. The molecule has 0 amide bonds. The zero-order chi connectivity index (χ0) is 12.6. The third-order valence-corrected chi connectivity index (χ3v) is 4.07. The van der Waals surface area contributed by atoms with E-state index in [0.717, 1.165) is 11.7 Å². The van der Waals surface area contributed by atoms with E-state index in [9.17, 15) is 0 Å². The Kier molecular flexibility index (Phi) is 3.43. The zero-order valence-electron chi connectivity index (χ0n) is 11.3. The summed E-state index contributed by atoms with van der Waals surface area (Å²) in [6, 6.07) is 4.45. The number of methoxy groups -OCH3 is 1. The summed E-state index contributed by atoms with van der Waals surface area (Å²) in [5, 5.41) is 0. The molecule has 0 bridgehead atoms. The number of aryl methyl sites for hydroxylation is 2. The molecule has 0 saturated heterocycles. The molecule has 2 rings (SSSR count). The number of benzene rings is 1. The normalized spacial score (nSPS) is 18.9. The Balaban J connectivity index is 2.28. The maximum absolute atomic E-state index is 6.40. The van der Waals surface area contributed by atoms with Crippen molar-refractivity contribution >= 4 is 0 Å². The maximum Gasteiger partial charge on any atom is 0.122 e. The van der Waals surface area contributed by atoms with E-state index in [0.29, 0.717) is 5.92 Å². The van der Waals surface area contributed by atoms with Crippen LogP contribution in [0.15, 0.2) is 12.1 Å². The van der Waals surface area contributed by atoms with Gasteiger partial charge in [0.25, 0.3) is 0 Å². The third kappa shape index (κ3) is 2.47. The molecule has 94 valence electrons. The smallest absolute Gasteiger partial charge is 0.122 e. The molecule has 2 nitrogen and oxygen atoms in total. The van der Waals surface area contributed by atoms with Crippen LogP contribution in [-0.2, 0) is 0 Å². The van der Waals surface area contributed by atoms with E-state index in [1.807, 2.05) is 0 Å². The predicted octanol–water partition coefficient (Wildman–Crippen LogP) is 3.36. The molecule has 1 fully saturated rings. The van der Waals surface area contributed by atoms with Gasteiger partial charge in [0.15, 0.2) is 0 Å². The lowest BCUT2D eigenvalue weighted by atomic mass is 9.88. The topological polar surface area (TPSA) is 35.2 Å². The van der Waals surface area contributed by atoms with E-state index in [4.69, 9.17) is 10.5 Å². The molecular formula is C15H23NO. The van der Waals surface area contributed by atoms with Crippen LogP contribution >= 0.6 is 0 Å². The first-order valence-electron chi connectivity index (χ1n) is 6.45. The van der Waals surface area contributed by atoms with Gasteiger partial charge >= 0.3 is 0 Å². The van der Waals surface area contributed by atoms with Crippen molar-refractivity contribution in [3.63, 3.8) is 0 Å². The van der Waals surface area contributed by atoms with Gasteiger partial charge in [0.1, 0.15) is 5.75 Å². The van der Waals surface area contributed by atoms with Crippen LogP contribution in [0.5, 0.6) is 5.75 Å². The molecule has 1 saturated carbocycles. The minimum absolute atomic E-state index is 0.159. The third-order valence-electron chi connectivity index (χ3n) is 4.07. The van der Waals surface area contributed by atoms with Crippen LogP contribution in [0, 0.1) is 25.7 Å². The molecule has 2 heteroatoms. The van der Waals surface area contributed by atoms with Crippen molar-refractivity contribution in [3.8, 4) is 5.75 Å². The van der Waals surface area contributed by atoms with Gasteiger partial charge in [-0.05, 0) is 61.3 Å². The van der Waals surface area contributed by atoms with Gasteiger partial charge in [-0.1, -0.05) is 13.0 Å². The molecule has 0 aromatic heterocycles. The number of rotatable bonds is 4. The first-order valence-corrected chi connectivity index (χ1v) is 6.45. The lowest BCUT2D eigenvalue weighted by Gasteiger charge is -2.23. The van der Waals surface area contributed by atoms with Crippen molar-refractivity contribution < 1.29 is 4.74 Å². The van der Waals surface area contributed by atoms with E-state index in [1.165, 1.54) is 29.5 Å². The SMILES string of the molecule is COc1cc(C)c(C(N)C(C)C2CC2)cc1C. The number of nitrogens with two attached hydrogens (primary N) is 1. The highest BCUT2D eigenvalue weighted by Gasteiger charge is 2.32. The van der Waals surface area contributed by atoms with E-state index in [2.05, 4.69) is 32.9 Å². The largest absolute Gasteiger partial charge is 0.496 e. The van der Waals surface area contributed by atoms with Gasteiger partial charge in [-0.15, -0.1) is 0 Å². The summed E-state index contributed by atoms with van der Waals surface area (Å²) in [4.78, 5) is 0. The fraction of sp³-hybridized carbons (Fsp3) is 0.600. The number of hydrogen-bond donors (Lipinski definition) is 1. The van der Waals surface area contributed by atoms with Crippen molar-refractivity contribution in [2.75, 3.05) is 7.11 Å². The fourth-order valence-corrected chi connectivity index (χ4v) is 2.59. The molecule has 1 aliphatic rings. The van der Waals surface area contributed by atoms with E-state index >= 15 is 0 Å². The molecule has 2 atom stereocenters. The molecule has 0 spiro atoms. The van der Waals surface area contributed by atoms with Crippen molar-refractivity contribution in [1.29, 1.82) is 0 Å². The van der Waals surface area contributed by atoms with Gasteiger partial charge in [-0.3, -0.25) is 0 Å². The first kappa shape index (κ1) is 12.4. The van der Waals surface area contributed by atoms with E-state index in [-0.39, 0.29) is 6.04 Å². The van der Waals surface area contributed by atoms with Crippen LogP contribution in [-0.4, -0.2) is 7.11 Å². The van der Waals surface area contributed by atoms with Gasteiger partial charge in [-0.2, -0.15) is 0 Å². The Morgan fingerprint density at radius 2 is 1.88 bits per heavy atom. The Labute approximate surface area is 104 Å². The van der Waals surface area contributed by atoms with Crippen LogP contribution in [0.1, 0.15) is 42.5 Å². The standard InChI is InChI=1S/C15H23NO/c1-9-8-14(17-4)10(2)7-13(9)15(16)11(3)12-5-6-12/h7-8,11-12,15H,5-6,16H2,1-4H3. The molecule has 2 unspecified atom stereocenters. The maximum atomic E-state index is 6.40. The van der Waals surface area contributed by atoms with E-state index in [1.54, 1.807) is 7.11 Å². The van der Waals surface area contributed by atoms with Gasteiger partial charge in [0.2, 0.25) is 0 Å². The fourth-order valence-electron chi connectivity index (χ4n) is 2.59. The highest BCUT2D eigenvalue weighted by atomic mass is 16.5. The number of ether oxygens (including phenoxy) is 1. The summed E-state index contributed by atoms with van der Waals surface area (Å²) in [7, 11) is 1.72. The molecule has 0 radical (unpaired) electrons. The van der Waals surface area contributed by atoms with Crippen molar-refractivity contribution in [2.24, 2.45) is 17.6 Å². The molecular weight excluding hydrogens is 210 g/mol. The summed E-state index contributed by atoms with van der Waals surface area (Å²) in [6.45, 7) is 6.48.